The minimum atomic E-state index is 0.238. The summed E-state index contributed by atoms with van der Waals surface area (Å²) in [5, 5.41) is 0.770. The lowest BCUT2D eigenvalue weighted by Crippen LogP contribution is -2.46. The summed E-state index contributed by atoms with van der Waals surface area (Å²) < 4.78 is 5.70. The van der Waals surface area contributed by atoms with Crippen LogP contribution in [0.4, 0.5) is 0 Å². The van der Waals surface area contributed by atoms with Crippen LogP contribution < -0.4 is 5.73 Å². The molecule has 1 aromatic rings. The average Bonchev–Trinajstić information content (AvgIpc) is 2.40. The third kappa shape index (κ3) is 3.23. The molecular weight excluding hydrogens is 248 g/mol. The molecule has 2 rings (SSSR count). The fourth-order valence-electron chi connectivity index (χ4n) is 2.48. The van der Waals surface area contributed by atoms with Crippen molar-refractivity contribution in [1.29, 1.82) is 0 Å². The summed E-state index contributed by atoms with van der Waals surface area (Å²) >= 11 is 6.06. The first kappa shape index (κ1) is 13.8. The maximum Gasteiger partial charge on any atom is 0.0700 e. The highest BCUT2D eigenvalue weighted by Gasteiger charge is 2.25. The molecule has 2 unspecified atom stereocenters. The fourth-order valence-corrected chi connectivity index (χ4v) is 2.68. The van der Waals surface area contributed by atoms with Crippen molar-refractivity contribution in [3.8, 4) is 0 Å². The smallest absolute Gasteiger partial charge is 0.0700 e. The van der Waals surface area contributed by atoms with Gasteiger partial charge in [-0.05, 0) is 24.1 Å². The largest absolute Gasteiger partial charge is 0.376 e. The van der Waals surface area contributed by atoms with Crippen molar-refractivity contribution in [2.45, 2.75) is 25.5 Å². The normalized spacial score (nSPS) is 22.9. The summed E-state index contributed by atoms with van der Waals surface area (Å²) in [6, 6.07) is 8.22. The van der Waals surface area contributed by atoms with Gasteiger partial charge in [0.05, 0.1) is 12.7 Å². The topological polar surface area (TPSA) is 38.5 Å². The number of rotatable bonds is 4. The Morgan fingerprint density at radius 1 is 1.56 bits per heavy atom. The number of hydrogen-bond acceptors (Lipinski definition) is 3. The molecule has 18 heavy (non-hydrogen) atoms. The van der Waals surface area contributed by atoms with E-state index in [-0.39, 0.29) is 6.04 Å². The number of nitrogens with zero attached hydrogens (tertiary/aromatic N) is 1. The first-order chi connectivity index (χ1) is 8.74. The highest BCUT2D eigenvalue weighted by atomic mass is 35.5. The molecule has 0 aromatic heterocycles. The zero-order chi connectivity index (χ0) is 13.0. The Labute approximate surface area is 114 Å². The summed E-state index contributed by atoms with van der Waals surface area (Å²) in [4.78, 5) is 2.41. The van der Waals surface area contributed by atoms with Crippen molar-refractivity contribution < 1.29 is 4.74 Å². The number of ether oxygens (including phenoxy) is 1. The van der Waals surface area contributed by atoms with E-state index in [4.69, 9.17) is 22.1 Å². The van der Waals surface area contributed by atoms with Crippen LogP contribution in [0, 0.1) is 0 Å². The lowest BCUT2D eigenvalue weighted by molar-refractivity contribution is -0.0437. The number of morpholine rings is 1. The fraction of sp³-hybridized carbons (Fsp3) is 0.571. The summed E-state index contributed by atoms with van der Waals surface area (Å²) in [5.41, 5.74) is 7.14. The van der Waals surface area contributed by atoms with E-state index in [1.54, 1.807) is 0 Å². The van der Waals surface area contributed by atoms with Gasteiger partial charge in [0, 0.05) is 30.7 Å². The van der Waals surface area contributed by atoms with E-state index in [2.05, 4.69) is 17.9 Å². The quantitative estimate of drug-likeness (QED) is 0.912. The minimum Gasteiger partial charge on any atom is -0.376 e. The zero-order valence-electron chi connectivity index (χ0n) is 10.8. The molecule has 1 aromatic carbocycles. The maximum absolute atomic E-state index is 6.06. The van der Waals surface area contributed by atoms with E-state index in [0.29, 0.717) is 12.6 Å². The van der Waals surface area contributed by atoms with Crippen LogP contribution in [0.15, 0.2) is 24.3 Å². The van der Waals surface area contributed by atoms with Gasteiger partial charge >= 0.3 is 0 Å². The first-order valence-corrected chi connectivity index (χ1v) is 6.93. The molecule has 0 radical (unpaired) electrons. The number of hydrogen-bond donors (Lipinski definition) is 1. The van der Waals surface area contributed by atoms with Crippen molar-refractivity contribution in [1.82, 2.24) is 4.90 Å². The first-order valence-electron chi connectivity index (χ1n) is 6.55. The van der Waals surface area contributed by atoms with Gasteiger partial charge in [-0.15, -0.1) is 0 Å². The molecule has 2 N–H and O–H groups in total. The SMILES string of the molecule is CCC1CN(C(CN)c2cccc(Cl)c2)CCO1. The molecule has 1 aliphatic rings. The lowest BCUT2D eigenvalue weighted by atomic mass is 10.0. The summed E-state index contributed by atoms with van der Waals surface area (Å²) in [6.45, 7) is 5.44. The van der Waals surface area contributed by atoms with Crippen molar-refractivity contribution in [2.24, 2.45) is 5.73 Å². The van der Waals surface area contributed by atoms with Crippen molar-refractivity contribution in [3.05, 3.63) is 34.9 Å². The lowest BCUT2D eigenvalue weighted by Gasteiger charge is -2.37. The molecule has 2 atom stereocenters. The molecule has 0 amide bonds. The number of nitrogens with two attached hydrogens (primary N) is 1. The van der Waals surface area contributed by atoms with E-state index in [0.717, 1.165) is 31.1 Å². The average molecular weight is 269 g/mol. The van der Waals surface area contributed by atoms with E-state index in [1.807, 2.05) is 18.2 Å². The van der Waals surface area contributed by atoms with E-state index < -0.39 is 0 Å². The van der Waals surface area contributed by atoms with E-state index >= 15 is 0 Å². The van der Waals surface area contributed by atoms with E-state index in [1.165, 1.54) is 5.56 Å². The molecule has 0 saturated carbocycles. The standard InChI is InChI=1S/C14H21ClN2O/c1-2-13-10-17(6-7-18-13)14(9-16)11-4-3-5-12(15)8-11/h3-5,8,13-14H,2,6-7,9-10,16H2,1H3. The molecule has 0 spiro atoms. The van der Waals surface area contributed by atoms with Crippen LogP contribution in [0.1, 0.15) is 24.9 Å². The molecular formula is C14H21ClN2O. The predicted molar refractivity (Wildman–Crippen MR) is 74.9 cm³/mol. The molecule has 1 aliphatic heterocycles. The van der Waals surface area contributed by atoms with Gasteiger partial charge in [0.1, 0.15) is 0 Å². The summed E-state index contributed by atoms with van der Waals surface area (Å²) in [5.74, 6) is 0. The van der Waals surface area contributed by atoms with Gasteiger partial charge in [0.2, 0.25) is 0 Å². The predicted octanol–water partition coefficient (Wildman–Crippen LogP) is 2.45. The Bertz CT molecular complexity index is 386. The Hall–Kier alpha value is -0.610. The highest BCUT2D eigenvalue weighted by molar-refractivity contribution is 6.30. The van der Waals surface area contributed by atoms with Gasteiger partial charge in [0.15, 0.2) is 0 Å². The second-order valence-corrected chi connectivity index (χ2v) is 5.14. The van der Waals surface area contributed by atoms with Gasteiger partial charge in [-0.1, -0.05) is 30.7 Å². The van der Waals surface area contributed by atoms with Gasteiger partial charge < -0.3 is 10.5 Å². The van der Waals surface area contributed by atoms with Crippen LogP contribution in [-0.4, -0.2) is 37.2 Å². The Kier molecular flexibility index (Phi) is 5.01. The maximum atomic E-state index is 6.06. The van der Waals surface area contributed by atoms with Crippen molar-refractivity contribution in [2.75, 3.05) is 26.2 Å². The summed E-state index contributed by atoms with van der Waals surface area (Å²) in [6.07, 6.45) is 1.37. The van der Waals surface area contributed by atoms with E-state index in [9.17, 15) is 0 Å². The van der Waals surface area contributed by atoms with Crippen LogP contribution >= 0.6 is 11.6 Å². The third-order valence-electron chi connectivity index (χ3n) is 3.52. The van der Waals surface area contributed by atoms with Gasteiger partial charge in [-0.2, -0.15) is 0 Å². The molecule has 3 nitrogen and oxygen atoms in total. The third-order valence-corrected chi connectivity index (χ3v) is 3.76. The van der Waals surface area contributed by atoms with Crippen LogP contribution in [0.25, 0.3) is 0 Å². The van der Waals surface area contributed by atoms with Crippen LogP contribution in [-0.2, 0) is 4.74 Å². The van der Waals surface area contributed by atoms with Crippen LogP contribution in [0.5, 0.6) is 0 Å². The summed E-state index contributed by atoms with van der Waals surface area (Å²) in [7, 11) is 0. The molecule has 0 bridgehead atoms. The molecule has 1 heterocycles. The molecule has 1 saturated heterocycles. The van der Waals surface area contributed by atoms with Crippen LogP contribution in [0.3, 0.4) is 0 Å². The molecule has 0 aliphatic carbocycles. The van der Waals surface area contributed by atoms with Crippen molar-refractivity contribution >= 4 is 11.6 Å². The van der Waals surface area contributed by atoms with Crippen LogP contribution in [0.2, 0.25) is 5.02 Å². The van der Waals surface area contributed by atoms with Crippen molar-refractivity contribution in [3.63, 3.8) is 0 Å². The molecule has 100 valence electrons. The number of benzene rings is 1. The van der Waals surface area contributed by atoms with Gasteiger partial charge in [0.25, 0.3) is 0 Å². The zero-order valence-corrected chi connectivity index (χ0v) is 11.6. The monoisotopic (exact) mass is 268 g/mol. The molecule has 4 heteroatoms. The molecule has 1 fully saturated rings. The Balaban J connectivity index is 2.12. The van der Waals surface area contributed by atoms with Gasteiger partial charge in [-0.3, -0.25) is 4.90 Å². The highest BCUT2D eigenvalue weighted by Crippen LogP contribution is 2.25. The number of halogens is 1. The second-order valence-electron chi connectivity index (χ2n) is 4.70. The Morgan fingerprint density at radius 3 is 3.06 bits per heavy atom. The van der Waals surface area contributed by atoms with Gasteiger partial charge in [-0.25, -0.2) is 0 Å². The second kappa shape index (κ2) is 6.53. The minimum absolute atomic E-state index is 0.238. The Morgan fingerprint density at radius 2 is 2.39 bits per heavy atom.